The van der Waals surface area contributed by atoms with E-state index in [1.54, 1.807) is 11.8 Å². The maximum Gasteiger partial charge on any atom is 0.261 e. The van der Waals surface area contributed by atoms with Crippen molar-refractivity contribution in [2.45, 2.75) is 59.7 Å². The number of ether oxygens (including phenoxy) is 1. The molecule has 0 aliphatic carbocycles. The van der Waals surface area contributed by atoms with Crippen molar-refractivity contribution in [3.8, 4) is 5.75 Å². The van der Waals surface area contributed by atoms with Crippen LogP contribution in [0.3, 0.4) is 0 Å². The summed E-state index contributed by atoms with van der Waals surface area (Å²) in [7, 11) is 0. The van der Waals surface area contributed by atoms with Gasteiger partial charge < -0.3 is 15.0 Å². The summed E-state index contributed by atoms with van der Waals surface area (Å²) in [6.45, 7) is 11.7. The van der Waals surface area contributed by atoms with Crippen LogP contribution in [0.1, 0.15) is 44.4 Å². The Hall–Kier alpha value is -2.82. The van der Waals surface area contributed by atoms with Gasteiger partial charge >= 0.3 is 0 Å². The molecule has 1 N–H and O–H groups in total. The molecule has 0 saturated carbocycles. The molecule has 1 unspecified atom stereocenters. The topological polar surface area (TPSA) is 58.6 Å². The van der Waals surface area contributed by atoms with E-state index in [1.807, 2.05) is 83.1 Å². The molecule has 2 amide bonds. The zero-order valence-electron chi connectivity index (χ0n) is 18.3. The van der Waals surface area contributed by atoms with E-state index in [2.05, 4.69) is 5.32 Å². The minimum atomic E-state index is -0.623. The number of benzene rings is 2. The quantitative estimate of drug-likeness (QED) is 0.769. The van der Waals surface area contributed by atoms with Gasteiger partial charge in [0.05, 0.1) is 0 Å². The number of rotatable bonds is 7. The molecule has 2 rings (SSSR count). The molecule has 0 bridgehead atoms. The third-order valence-electron chi connectivity index (χ3n) is 4.62. The van der Waals surface area contributed by atoms with Gasteiger partial charge in [0.25, 0.3) is 5.91 Å². The molecule has 5 heteroatoms. The number of hydrogen-bond donors (Lipinski definition) is 1. The molecule has 2 aromatic rings. The average molecular weight is 397 g/mol. The molecule has 29 heavy (non-hydrogen) atoms. The van der Waals surface area contributed by atoms with Crippen LogP contribution in [0.15, 0.2) is 48.5 Å². The van der Waals surface area contributed by atoms with Crippen molar-refractivity contribution in [1.29, 1.82) is 0 Å². The Bertz CT molecular complexity index is 855. The SMILES string of the molecule is Cc1cccc(OCC(=O)N(Cc2ccccc2C)C(C)C(=O)NC(C)(C)C)c1. The summed E-state index contributed by atoms with van der Waals surface area (Å²) in [6.07, 6.45) is 0. The lowest BCUT2D eigenvalue weighted by atomic mass is 10.1. The number of hydrogen-bond acceptors (Lipinski definition) is 3. The lowest BCUT2D eigenvalue weighted by Crippen LogP contribution is -2.53. The van der Waals surface area contributed by atoms with Crippen LogP contribution < -0.4 is 10.1 Å². The Morgan fingerprint density at radius 2 is 1.76 bits per heavy atom. The van der Waals surface area contributed by atoms with Crippen LogP contribution in [-0.2, 0) is 16.1 Å². The Morgan fingerprint density at radius 1 is 1.07 bits per heavy atom. The first-order valence-corrected chi connectivity index (χ1v) is 9.92. The van der Waals surface area contributed by atoms with Crippen molar-refractivity contribution in [1.82, 2.24) is 10.2 Å². The lowest BCUT2D eigenvalue weighted by molar-refractivity contribution is -0.142. The van der Waals surface area contributed by atoms with Gasteiger partial charge in [0.1, 0.15) is 11.8 Å². The van der Waals surface area contributed by atoms with Crippen LogP contribution in [-0.4, -0.2) is 34.9 Å². The van der Waals surface area contributed by atoms with Crippen LogP contribution >= 0.6 is 0 Å². The minimum absolute atomic E-state index is 0.123. The fourth-order valence-corrected chi connectivity index (χ4v) is 2.96. The van der Waals surface area contributed by atoms with E-state index in [0.717, 1.165) is 16.7 Å². The number of nitrogens with one attached hydrogen (secondary N) is 1. The highest BCUT2D eigenvalue weighted by Gasteiger charge is 2.28. The molecule has 0 fully saturated rings. The largest absolute Gasteiger partial charge is 0.484 e. The van der Waals surface area contributed by atoms with Gasteiger partial charge in [-0.2, -0.15) is 0 Å². The van der Waals surface area contributed by atoms with E-state index in [0.29, 0.717) is 12.3 Å². The molecule has 2 aromatic carbocycles. The molecule has 0 aliphatic heterocycles. The first-order valence-electron chi connectivity index (χ1n) is 9.92. The molecule has 0 radical (unpaired) electrons. The highest BCUT2D eigenvalue weighted by molar-refractivity contribution is 5.88. The van der Waals surface area contributed by atoms with E-state index in [4.69, 9.17) is 4.74 Å². The van der Waals surface area contributed by atoms with Crippen LogP contribution in [0.4, 0.5) is 0 Å². The van der Waals surface area contributed by atoms with Gasteiger partial charge in [-0.15, -0.1) is 0 Å². The Balaban J connectivity index is 2.19. The van der Waals surface area contributed by atoms with Crippen molar-refractivity contribution < 1.29 is 14.3 Å². The van der Waals surface area contributed by atoms with Crippen molar-refractivity contribution in [2.24, 2.45) is 0 Å². The summed E-state index contributed by atoms with van der Waals surface area (Å²) in [5.74, 6) is 0.224. The highest BCUT2D eigenvalue weighted by Crippen LogP contribution is 2.16. The summed E-state index contributed by atoms with van der Waals surface area (Å²) in [5.41, 5.74) is 2.77. The van der Waals surface area contributed by atoms with Crippen LogP contribution in [0.5, 0.6) is 5.75 Å². The lowest BCUT2D eigenvalue weighted by Gasteiger charge is -2.31. The van der Waals surface area contributed by atoms with Gasteiger partial charge in [0.15, 0.2) is 6.61 Å². The number of carbonyl (C=O) groups is 2. The third-order valence-corrected chi connectivity index (χ3v) is 4.62. The van der Waals surface area contributed by atoms with Crippen molar-refractivity contribution in [2.75, 3.05) is 6.61 Å². The van der Waals surface area contributed by atoms with Crippen molar-refractivity contribution in [3.63, 3.8) is 0 Å². The molecule has 1 atom stereocenters. The summed E-state index contributed by atoms with van der Waals surface area (Å²) >= 11 is 0. The van der Waals surface area contributed by atoms with E-state index in [1.165, 1.54) is 0 Å². The Labute approximate surface area is 174 Å². The second-order valence-electron chi connectivity index (χ2n) is 8.47. The van der Waals surface area contributed by atoms with Gasteiger partial charge in [-0.3, -0.25) is 9.59 Å². The summed E-state index contributed by atoms with van der Waals surface area (Å²) in [6, 6.07) is 14.8. The average Bonchev–Trinajstić information content (AvgIpc) is 2.63. The van der Waals surface area contributed by atoms with Crippen molar-refractivity contribution >= 4 is 11.8 Å². The van der Waals surface area contributed by atoms with E-state index < -0.39 is 6.04 Å². The summed E-state index contributed by atoms with van der Waals surface area (Å²) in [4.78, 5) is 27.4. The number of aryl methyl sites for hydroxylation is 2. The minimum Gasteiger partial charge on any atom is -0.484 e. The number of carbonyl (C=O) groups excluding carboxylic acids is 2. The highest BCUT2D eigenvalue weighted by atomic mass is 16.5. The molecular formula is C24H32N2O3. The van der Waals surface area contributed by atoms with Crippen LogP contribution in [0, 0.1) is 13.8 Å². The fourth-order valence-electron chi connectivity index (χ4n) is 2.96. The molecular weight excluding hydrogens is 364 g/mol. The molecule has 0 heterocycles. The van der Waals surface area contributed by atoms with Gasteiger partial charge in [-0.25, -0.2) is 0 Å². The first-order chi connectivity index (χ1) is 13.6. The number of nitrogens with zero attached hydrogens (tertiary/aromatic N) is 1. The number of amides is 2. The van der Waals surface area contributed by atoms with E-state index in [-0.39, 0.29) is 24.0 Å². The predicted molar refractivity (Wildman–Crippen MR) is 116 cm³/mol. The van der Waals surface area contributed by atoms with Crippen molar-refractivity contribution in [3.05, 3.63) is 65.2 Å². The monoisotopic (exact) mass is 396 g/mol. The normalized spacial score (nSPS) is 12.2. The maximum atomic E-state index is 13.0. The molecule has 5 nitrogen and oxygen atoms in total. The van der Waals surface area contributed by atoms with Crippen LogP contribution in [0.25, 0.3) is 0 Å². The predicted octanol–water partition coefficient (Wildman–Crippen LogP) is 4.01. The molecule has 0 aromatic heterocycles. The van der Waals surface area contributed by atoms with Gasteiger partial charge in [-0.1, -0.05) is 36.4 Å². The third kappa shape index (κ3) is 6.93. The Kier molecular flexibility index (Phi) is 7.43. The smallest absolute Gasteiger partial charge is 0.261 e. The fraction of sp³-hybridized carbons (Fsp3) is 0.417. The molecule has 156 valence electrons. The van der Waals surface area contributed by atoms with Gasteiger partial charge in [0.2, 0.25) is 5.91 Å². The van der Waals surface area contributed by atoms with E-state index >= 15 is 0 Å². The van der Waals surface area contributed by atoms with Gasteiger partial charge in [-0.05, 0) is 70.4 Å². The Morgan fingerprint density at radius 3 is 2.38 bits per heavy atom. The molecule has 0 spiro atoms. The molecule has 0 aliphatic rings. The zero-order chi connectivity index (χ0) is 21.6. The molecule has 0 saturated heterocycles. The standard InChI is InChI=1S/C24H32N2O3/c1-17-10-9-13-21(14-17)29-16-22(27)26(15-20-12-8-7-11-18(20)2)19(3)23(28)25-24(4,5)6/h7-14,19H,15-16H2,1-6H3,(H,25,28). The van der Waals surface area contributed by atoms with Crippen LogP contribution in [0.2, 0.25) is 0 Å². The summed E-state index contributed by atoms with van der Waals surface area (Å²) in [5, 5.41) is 2.96. The zero-order valence-corrected chi connectivity index (χ0v) is 18.3. The first kappa shape index (κ1) is 22.5. The van der Waals surface area contributed by atoms with Gasteiger partial charge in [0, 0.05) is 12.1 Å². The maximum absolute atomic E-state index is 13.0. The van der Waals surface area contributed by atoms with E-state index in [9.17, 15) is 9.59 Å². The summed E-state index contributed by atoms with van der Waals surface area (Å²) < 4.78 is 5.71. The second-order valence-corrected chi connectivity index (χ2v) is 8.47. The second kappa shape index (κ2) is 9.59.